The van der Waals surface area contributed by atoms with E-state index in [1.807, 2.05) is 12.1 Å². The number of aromatic nitrogens is 2. The van der Waals surface area contributed by atoms with Crippen molar-refractivity contribution in [3.05, 3.63) is 30.3 Å². The Kier molecular flexibility index (Phi) is 5.28. The fourth-order valence-corrected chi connectivity index (χ4v) is 4.05. The number of nitrogens with zero attached hydrogens (tertiary/aromatic N) is 2. The summed E-state index contributed by atoms with van der Waals surface area (Å²) in [5.41, 5.74) is 8.36. The third-order valence-electron chi connectivity index (χ3n) is 5.68. The van der Waals surface area contributed by atoms with Crippen LogP contribution in [0.2, 0.25) is 0 Å². The van der Waals surface area contributed by atoms with Crippen LogP contribution in [0.15, 0.2) is 30.3 Å². The third kappa shape index (κ3) is 3.97. The molecule has 1 aromatic heterocycles. The van der Waals surface area contributed by atoms with Crippen molar-refractivity contribution in [2.75, 3.05) is 31.7 Å². The van der Waals surface area contributed by atoms with Gasteiger partial charge in [-0.3, -0.25) is 4.79 Å². The van der Waals surface area contributed by atoms with Gasteiger partial charge in [-0.15, -0.1) is 0 Å². The molecule has 1 saturated carbocycles. The number of hydrogen-bond donors (Lipinski definition) is 2. The Morgan fingerprint density at radius 1 is 1.06 bits per heavy atom. The zero-order valence-electron chi connectivity index (χ0n) is 17.3. The van der Waals surface area contributed by atoms with E-state index in [1.54, 1.807) is 0 Å². The van der Waals surface area contributed by atoms with Gasteiger partial charge in [0.2, 0.25) is 6.41 Å². The van der Waals surface area contributed by atoms with E-state index in [9.17, 15) is 0 Å². The van der Waals surface area contributed by atoms with Gasteiger partial charge >= 0.3 is 0 Å². The predicted octanol–water partition coefficient (Wildman–Crippen LogP) is 3.18. The molecule has 162 valence electrons. The lowest BCUT2D eigenvalue weighted by Crippen LogP contribution is -2.15. The number of nitrogens with one attached hydrogen (secondary N) is 1. The summed E-state index contributed by atoms with van der Waals surface area (Å²) in [6.07, 6.45) is 3.88. The van der Waals surface area contributed by atoms with E-state index in [2.05, 4.69) is 33.8 Å². The van der Waals surface area contributed by atoms with Crippen LogP contribution in [0.3, 0.4) is 0 Å². The Bertz CT molecular complexity index is 1110. The monoisotopic (exact) mass is 422 g/mol. The fourth-order valence-electron chi connectivity index (χ4n) is 4.05. The summed E-state index contributed by atoms with van der Waals surface area (Å²) in [6.45, 7) is 3.83. The Balaban J connectivity index is 0.000000646. The average Bonchev–Trinajstić information content (AvgIpc) is 3.58. The highest BCUT2D eigenvalue weighted by Crippen LogP contribution is 2.39. The second kappa shape index (κ2) is 8.37. The lowest BCUT2D eigenvalue weighted by molar-refractivity contribution is -0.106. The van der Waals surface area contributed by atoms with Crippen LogP contribution in [0.5, 0.6) is 17.2 Å². The number of aryl methyl sites for hydroxylation is 1. The maximum absolute atomic E-state index is 8.58. The van der Waals surface area contributed by atoms with E-state index in [1.165, 1.54) is 12.8 Å². The molecular formula is C23H26N4O4. The molecule has 3 aliphatic rings. The van der Waals surface area contributed by atoms with Crippen molar-refractivity contribution < 1.29 is 19.0 Å². The highest BCUT2D eigenvalue weighted by Gasteiger charge is 2.23. The van der Waals surface area contributed by atoms with Gasteiger partial charge < -0.3 is 29.8 Å². The molecule has 3 heterocycles. The van der Waals surface area contributed by atoms with Crippen molar-refractivity contribution >= 4 is 23.1 Å². The Morgan fingerprint density at radius 2 is 1.84 bits per heavy atom. The molecule has 3 aromatic rings. The first-order chi connectivity index (χ1) is 15.3. The van der Waals surface area contributed by atoms with Gasteiger partial charge in [0, 0.05) is 30.4 Å². The van der Waals surface area contributed by atoms with E-state index in [4.69, 9.17) is 24.0 Å². The molecule has 0 saturated heterocycles. The van der Waals surface area contributed by atoms with Gasteiger partial charge in [0.05, 0.1) is 12.1 Å². The number of imidazole rings is 1. The summed E-state index contributed by atoms with van der Waals surface area (Å²) in [5, 5.41) is 3.56. The summed E-state index contributed by atoms with van der Waals surface area (Å²) >= 11 is 0. The minimum absolute atomic E-state index is 0.250. The molecule has 8 heteroatoms. The Morgan fingerprint density at radius 3 is 2.65 bits per heavy atom. The van der Waals surface area contributed by atoms with Crippen LogP contribution in [0.25, 0.3) is 22.4 Å². The van der Waals surface area contributed by atoms with Crippen LogP contribution >= 0.6 is 0 Å². The number of rotatable bonds is 4. The van der Waals surface area contributed by atoms with E-state index in [-0.39, 0.29) is 6.41 Å². The molecule has 0 radical (unpaired) electrons. The molecule has 0 unspecified atom stereocenters. The van der Waals surface area contributed by atoms with E-state index in [0.29, 0.717) is 13.2 Å². The zero-order valence-corrected chi connectivity index (χ0v) is 17.3. The highest BCUT2D eigenvalue weighted by molar-refractivity contribution is 5.89. The van der Waals surface area contributed by atoms with Gasteiger partial charge in [-0.2, -0.15) is 0 Å². The number of ether oxygens (including phenoxy) is 3. The third-order valence-corrected chi connectivity index (χ3v) is 5.68. The summed E-state index contributed by atoms with van der Waals surface area (Å²) < 4.78 is 19.8. The van der Waals surface area contributed by atoms with Crippen molar-refractivity contribution in [3.63, 3.8) is 0 Å². The van der Waals surface area contributed by atoms with Crippen molar-refractivity contribution in [1.29, 1.82) is 0 Å². The molecule has 1 fully saturated rings. The second-order valence-electron chi connectivity index (χ2n) is 7.95. The SMILES string of the molecule is NC=O.c1cc2c(cc1-c1nc3cc(NCC4CC4)cc4c3n1CCCO4)OCCO2. The van der Waals surface area contributed by atoms with Crippen molar-refractivity contribution in [1.82, 2.24) is 9.55 Å². The molecule has 8 nitrogen and oxygen atoms in total. The van der Waals surface area contributed by atoms with Gasteiger partial charge in [-0.1, -0.05) is 0 Å². The average molecular weight is 422 g/mol. The smallest absolute Gasteiger partial charge is 0.204 e. The lowest BCUT2D eigenvalue weighted by atomic mass is 10.2. The number of fused-ring (bicyclic) bond motifs is 1. The fraction of sp³-hybridized carbons (Fsp3) is 0.391. The van der Waals surface area contributed by atoms with Gasteiger partial charge in [-0.05, 0) is 49.4 Å². The Labute approximate surface area is 180 Å². The zero-order chi connectivity index (χ0) is 21.2. The van der Waals surface area contributed by atoms with Crippen molar-refractivity contribution in [3.8, 4) is 28.6 Å². The number of primary amides is 1. The number of carbonyl (C=O) groups is 1. The van der Waals surface area contributed by atoms with E-state index < -0.39 is 0 Å². The van der Waals surface area contributed by atoms with Crippen LogP contribution in [0.4, 0.5) is 5.69 Å². The van der Waals surface area contributed by atoms with E-state index in [0.717, 1.165) is 77.4 Å². The summed E-state index contributed by atoms with van der Waals surface area (Å²) in [4.78, 5) is 13.6. The van der Waals surface area contributed by atoms with Crippen molar-refractivity contribution in [2.45, 2.75) is 25.8 Å². The van der Waals surface area contributed by atoms with Crippen LogP contribution in [-0.2, 0) is 11.3 Å². The molecule has 31 heavy (non-hydrogen) atoms. The number of carbonyl (C=O) groups excluding carboxylic acids is 1. The molecule has 6 rings (SSSR count). The van der Waals surface area contributed by atoms with Gasteiger partial charge in [0.15, 0.2) is 11.5 Å². The van der Waals surface area contributed by atoms with E-state index >= 15 is 0 Å². The summed E-state index contributed by atoms with van der Waals surface area (Å²) in [5.74, 6) is 4.29. The van der Waals surface area contributed by atoms with Crippen molar-refractivity contribution in [2.24, 2.45) is 11.7 Å². The topological polar surface area (TPSA) is 101 Å². The van der Waals surface area contributed by atoms with Crippen LogP contribution in [0.1, 0.15) is 19.3 Å². The first-order valence-electron chi connectivity index (χ1n) is 10.7. The molecule has 0 bridgehead atoms. The van der Waals surface area contributed by atoms with Crippen LogP contribution in [-0.4, -0.2) is 42.3 Å². The maximum atomic E-state index is 8.58. The Hall–Kier alpha value is -3.42. The summed E-state index contributed by atoms with van der Waals surface area (Å²) in [6, 6.07) is 10.4. The maximum Gasteiger partial charge on any atom is 0.204 e. The second-order valence-corrected chi connectivity index (χ2v) is 7.95. The molecule has 0 spiro atoms. The molecule has 2 aliphatic heterocycles. The largest absolute Gasteiger partial charge is 0.491 e. The number of nitrogens with two attached hydrogens (primary N) is 1. The number of anilines is 1. The molecule has 1 amide bonds. The number of hydrogen-bond acceptors (Lipinski definition) is 6. The minimum atomic E-state index is 0.250. The quantitative estimate of drug-likeness (QED) is 0.627. The molecule has 0 atom stereocenters. The standard InChI is InChI=1S/C22H23N3O3.CH3NO/c1-6-25-21-17(11-16(12-20(21)26-7-1)23-13-14-2-3-14)24-22(25)15-4-5-18-19(10-15)28-9-8-27-18;2-1-3/h4-5,10-12,14,23H,1-3,6-9,13H2;1H,(H2,2,3). The molecule has 3 N–H and O–H groups in total. The minimum Gasteiger partial charge on any atom is -0.491 e. The first kappa shape index (κ1) is 19.5. The highest BCUT2D eigenvalue weighted by atomic mass is 16.6. The number of amides is 1. The molecule has 2 aromatic carbocycles. The lowest BCUT2D eigenvalue weighted by Gasteiger charge is -2.19. The summed E-state index contributed by atoms with van der Waals surface area (Å²) in [7, 11) is 0. The molecule has 1 aliphatic carbocycles. The number of benzene rings is 2. The predicted molar refractivity (Wildman–Crippen MR) is 118 cm³/mol. The normalized spacial score (nSPS) is 16.5. The first-order valence-corrected chi connectivity index (χ1v) is 10.7. The molecular weight excluding hydrogens is 396 g/mol. The van der Waals surface area contributed by atoms with Gasteiger partial charge in [0.25, 0.3) is 0 Å². The van der Waals surface area contributed by atoms with Gasteiger partial charge in [-0.25, -0.2) is 4.98 Å². The van der Waals surface area contributed by atoms with Gasteiger partial charge in [0.1, 0.15) is 30.3 Å². The van der Waals surface area contributed by atoms with Crippen LogP contribution in [0, 0.1) is 5.92 Å². The van der Waals surface area contributed by atoms with Crippen LogP contribution < -0.4 is 25.3 Å².